The molecular weight excluding hydrogens is 633 g/mol. The molecule has 0 spiro atoms. The molecule has 0 amide bonds. The van der Waals surface area contributed by atoms with E-state index < -0.39 is 0 Å². The fraction of sp³-hybridized carbons (Fsp3) is 0. The van der Waals surface area contributed by atoms with Crippen LogP contribution in [-0.2, 0) is 0 Å². The van der Waals surface area contributed by atoms with Gasteiger partial charge in [-0.1, -0.05) is 90.2 Å². The molecule has 6 heteroatoms. The normalized spacial score (nSPS) is 12.1. The van der Waals surface area contributed by atoms with Gasteiger partial charge >= 0.3 is 0 Å². The topological polar surface area (TPSA) is 44.2 Å². The molecule has 234 valence electrons. The van der Waals surface area contributed by atoms with Gasteiger partial charge in [-0.25, -0.2) is 4.98 Å². The smallest absolute Gasteiger partial charge is 0.266 e. The highest BCUT2D eigenvalue weighted by molar-refractivity contribution is 7.23. The molecule has 0 unspecified atom stereocenters. The quantitative estimate of drug-likeness (QED) is 0.190. The second-order valence-corrected chi connectivity index (χ2v) is 13.8. The summed E-state index contributed by atoms with van der Waals surface area (Å²) in [4.78, 5) is 19.4. The van der Waals surface area contributed by atoms with Crippen LogP contribution in [0.15, 0.2) is 163 Å². The van der Waals surface area contributed by atoms with Gasteiger partial charge in [0.1, 0.15) is 0 Å². The third kappa shape index (κ3) is 3.82. The van der Waals surface area contributed by atoms with Gasteiger partial charge in [-0.2, -0.15) is 0 Å². The molecule has 7 aromatic carbocycles. The molecule has 4 heterocycles. The third-order valence-corrected chi connectivity index (χ3v) is 11.1. The summed E-state index contributed by atoms with van der Waals surface area (Å²) in [5, 5.41) is 5.44. The predicted molar refractivity (Wildman–Crippen MR) is 208 cm³/mol. The van der Waals surface area contributed by atoms with Crippen molar-refractivity contribution in [2.75, 3.05) is 0 Å². The maximum atomic E-state index is 13.7. The average Bonchev–Trinajstić information content (AvgIpc) is 3.82. The van der Waals surface area contributed by atoms with Crippen LogP contribution in [0.5, 0.6) is 0 Å². The van der Waals surface area contributed by atoms with Gasteiger partial charge in [0, 0.05) is 32.9 Å². The van der Waals surface area contributed by atoms with E-state index in [1.807, 2.05) is 36.4 Å². The lowest BCUT2D eigenvalue weighted by Gasteiger charge is -2.10. The number of hydrogen-bond donors (Lipinski definition) is 0. The van der Waals surface area contributed by atoms with Crippen LogP contribution in [0.25, 0.3) is 92.2 Å². The van der Waals surface area contributed by atoms with E-state index in [0.717, 1.165) is 32.6 Å². The fourth-order valence-corrected chi connectivity index (χ4v) is 8.86. The first-order chi connectivity index (χ1) is 24.7. The van der Waals surface area contributed by atoms with Gasteiger partial charge in [-0.3, -0.25) is 9.20 Å². The maximum absolute atomic E-state index is 13.7. The zero-order valence-electron chi connectivity index (χ0n) is 26.6. The van der Waals surface area contributed by atoms with Gasteiger partial charge in [0.15, 0.2) is 4.96 Å². The molecule has 0 saturated carbocycles. The number of aromatic nitrogens is 4. The monoisotopic (exact) mass is 658 g/mol. The summed E-state index contributed by atoms with van der Waals surface area (Å²) >= 11 is 1.54. The largest absolute Gasteiger partial charge is 0.309 e. The third-order valence-electron chi connectivity index (χ3n) is 10.1. The minimum absolute atomic E-state index is 0.0373. The summed E-state index contributed by atoms with van der Waals surface area (Å²) in [6, 6.07) is 55.4. The van der Waals surface area contributed by atoms with Crippen molar-refractivity contribution in [2.45, 2.75) is 0 Å². The van der Waals surface area contributed by atoms with Crippen LogP contribution in [0.3, 0.4) is 0 Å². The molecule has 0 saturated heterocycles. The van der Waals surface area contributed by atoms with Crippen molar-refractivity contribution in [3.05, 3.63) is 168 Å². The van der Waals surface area contributed by atoms with Gasteiger partial charge in [-0.05, 0) is 90.0 Å². The Morgan fingerprint density at radius 2 is 1.00 bits per heavy atom. The highest BCUT2D eigenvalue weighted by atomic mass is 32.1. The average molecular weight is 659 g/mol. The lowest BCUT2D eigenvalue weighted by atomic mass is 10.0. The van der Waals surface area contributed by atoms with Crippen molar-refractivity contribution in [1.29, 1.82) is 0 Å². The fourth-order valence-electron chi connectivity index (χ4n) is 7.84. The van der Waals surface area contributed by atoms with Crippen molar-refractivity contribution in [3.8, 4) is 22.5 Å². The first kappa shape index (κ1) is 27.5. The van der Waals surface area contributed by atoms with Crippen LogP contribution in [0.2, 0.25) is 0 Å². The summed E-state index contributed by atoms with van der Waals surface area (Å²) in [5.74, 6) is 0. The summed E-state index contributed by atoms with van der Waals surface area (Å²) < 4.78 is 7.43. The summed E-state index contributed by atoms with van der Waals surface area (Å²) in [7, 11) is 0. The Morgan fingerprint density at radius 3 is 1.68 bits per heavy atom. The Labute approximate surface area is 289 Å². The zero-order valence-corrected chi connectivity index (χ0v) is 27.4. The number of benzene rings is 7. The molecule has 0 atom stereocenters. The minimum atomic E-state index is -0.0373. The van der Waals surface area contributed by atoms with Gasteiger partial charge in [-0.15, -0.1) is 0 Å². The molecule has 0 aliphatic heterocycles. The van der Waals surface area contributed by atoms with E-state index >= 15 is 0 Å². The van der Waals surface area contributed by atoms with Crippen molar-refractivity contribution >= 4 is 81.0 Å². The molecule has 0 bridgehead atoms. The lowest BCUT2D eigenvalue weighted by Crippen LogP contribution is -2.13. The minimum Gasteiger partial charge on any atom is -0.309 e. The number of nitrogens with zero attached hydrogens (tertiary/aromatic N) is 4. The van der Waals surface area contributed by atoms with E-state index in [0.29, 0.717) is 15.9 Å². The van der Waals surface area contributed by atoms with E-state index in [1.165, 1.54) is 43.7 Å². The van der Waals surface area contributed by atoms with Crippen LogP contribution in [-0.4, -0.2) is 18.5 Å². The molecule has 0 aliphatic carbocycles. The van der Waals surface area contributed by atoms with Gasteiger partial charge in [0.2, 0.25) is 0 Å². The molecule has 11 aromatic rings. The predicted octanol–water partition coefficient (Wildman–Crippen LogP) is 10.9. The van der Waals surface area contributed by atoms with E-state index in [1.54, 1.807) is 15.7 Å². The van der Waals surface area contributed by atoms with E-state index in [2.05, 4.69) is 130 Å². The van der Waals surface area contributed by atoms with E-state index in [9.17, 15) is 4.79 Å². The molecule has 0 aliphatic rings. The number of rotatable bonds is 3. The second-order valence-electron chi connectivity index (χ2n) is 12.8. The van der Waals surface area contributed by atoms with E-state index in [4.69, 9.17) is 4.98 Å². The molecule has 11 rings (SSSR count). The van der Waals surface area contributed by atoms with Crippen LogP contribution in [0.4, 0.5) is 0 Å². The molecule has 0 radical (unpaired) electrons. The second kappa shape index (κ2) is 10.3. The standard InChI is InChI=1S/C44H26N4OS/c49-43-33-21-20-30(26-36(33)45-44-48(43)41-16-8-9-17-42(41)50-44)47-38-15-7-5-13-32(38)35-25-28(19-23-40(35)47)27-18-22-39-34(24-27)31-12-4-6-14-37(31)46(39)29-10-2-1-3-11-29/h1-26H. The maximum Gasteiger partial charge on any atom is 0.266 e. The Hall–Kier alpha value is -6.50. The molecule has 50 heavy (non-hydrogen) atoms. The van der Waals surface area contributed by atoms with Crippen LogP contribution in [0, 0.1) is 0 Å². The van der Waals surface area contributed by atoms with Crippen LogP contribution in [0.1, 0.15) is 0 Å². The first-order valence-electron chi connectivity index (χ1n) is 16.7. The number of fused-ring (bicyclic) bond motifs is 10. The number of para-hydroxylation sites is 4. The van der Waals surface area contributed by atoms with Crippen molar-refractivity contribution in [1.82, 2.24) is 18.5 Å². The van der Waals surface area contributed by atoms with Gasteiger partial charge < -0.3 is 9.13 Å². The lowest BCUT2D eigenvalue weighted by molar-refractivity contribution is 1.15. The Bertz CT molecular complexity index is 3240. The Balaban J connectivity index is 1.10. The molecule has 5 nitrogen and oxygen atoms in total. The van der Waals surface area contributed by atoms with Crippen molar-refractivity contribution in [2.24, 2.45) is 0 Å². The zero-order chi connectivity index (χ0) is 32.9. The van der Waals surface area contributed by atoms with Gasteiger partial charge in [0.25, 0.3) is 5.56 Å². The molecule has 4 aromatic heterocycles. The van der Waals surface area contributed by atoms with Crippen LogP contribution < -0.4 is 5.56 Å². The van der Waals surface area contributed by atoms with E-state index in [-0.39, 0.29) is 5.56 Å². The van der Waals surface area contributed by atoms with Crippen molar-refractivity contribution < 1.29 is 0 Å². The molecular formula is C44H26N4OS. The highest BCUT2D eigenvalue weighted by Gasteiger charge is 2.17. The SMILES string of the molecule is O=c1c2ccc(-n3c4ccccc4c4cc(-c5ccc6c(c5)c5ccccc5n6-c5ccccc5)ccc43)cc2nc2sc3ccccc3n12. The Kier molecular flexibility index (Phi) is 5.63. The summed E-state index contributed by atoms with van der Waals surface area (Å²) in [6.07, 6.45) is 0. The van der Waals surface area contributed by atoms with Crippen LogP contribution >= 0.6 is 11.3 Å². The summed E-state index contributed by atoms with van der Waals surface area (Å²) in [5.41, 5.74) is 10.6. The van der Waals surface area contributed by atoms with Crippen molar-refractivity contribution in [3.63, 3.8) is 0 Å². The molecule has 0 fully saturated rings. The van der Waals surface area contributed by atoms with Gasteiger partial charge in [0.05, 0.1) is 43.2 Å². The molecule has 0 N–H and O–H groups in total. The summed E-state index contributed by atoms with van der Waals surface area (Å²) in [6.45, 7) is 0. The number of hydrogen-bond acceptors (Lipinski definition) is 3. The first-order valence-corrected chi connectivity index (χ1v) is 17.5. The number of thiazole rings is 1. The Morgan fingerprint density at radius 1 is 0.440 bits per heavy atom. The highest BCUT2D eigenvalue weighted by Crippen LogP contribution is 2.38.